The van der Waals surface area contributed by atoms with Crippen molar-refractivity contribution in [3.8, 4) is 11.5 Å². The van der Waals surface area contributed by atoms with Crippen LogP contribution in [0.5, 0.6) is 11.5 Å². The van der Waals surface area contributed by atoms with Gasteiger partial charge in [-0.2, -0.15) is 8.78 Å². The highest BCUT2D eigenvalue weighted by Gasteiger charge is 2.58. The lowest BCUT2D eigenvalue weighted by molar-refractivity contribution is -0.207. The van der Waals surface area contributed by atoms with Crippen LogP contribution in [-0.2, 0) is 11.5 Å². The minimum Gasteiger partial charge on any atom is -0.456 e. The van der Waals surface area contributed by atoms with Gasteiger partial charge in [-0.05, 0) is 36.4 Å². The fourth-order valence-electron chi connectivity index (χ4n) is 3.34. The maximum Gasteiger partial charge on any atom is 0.323 e. The fraction of sp³-hybridized carbons (Fsp3) is 0.182. The van der Waals surface area contributed by atoms with Crippen LogP contribution >= 0.6 is 0 Å². The van der Waals surface area contributed by atoms with E-state index in [4.69, 9.17) is 4.74 Å². The molecule has 0 aliphatic carbocycles. The molecule has 1 atom stereocenters. The summed E-state index contributed by atoms with van der Waals surface area (Å²) < 4.78 is 65.1. The highest BCUT2D eigenvalue weighted by molar-refractivity contribution is 5.55. The number of hydrazine groups is 2. The van der Waals surface area contributed by atoms with Gasteiger partial charge in [0.25, 0.3) is 0 Å². The first-order chi connectivity index (χ1) is 15.7. The number of nitrogens with one attached hydrogen (secondary N) is 1. The lowest BCUT2D eigenvalue weighted by Crippen LogP contribution is -2.55. The van der Waals surface area contributed by atoms with Crippen molar-refractivity contribution in [2.45, 2.75) is 11.5 Å². The van der Waals surface area contributed by atoms with E-state index >= 15 is 8.78 Å². The molecule has 4 rings (SSSR count). The molecule has 0 radical (unpaired) electrons. The van der Waals surface area contributed by atoms with Gasteiger partial charge in [0.05, 0.1) is 12.7 Å². The Morgan fingerprint density at radius 1 is 1.03 bits per heavy atom. The van der Waals surface area contributed by atoms with Crippen LogP contribution in [0, 0.1) is 11.6 Å². The summed E-state index contributed by atoms with van der Waals surface area (Å²) in [5, 5.41) is 17.3. The number of β-amino-alcohol motifs (C(OH)–C–C–N with tert-alkyl or cyclic N) is 1. The van der Waals surface area contributed by atoms with Crippen molar-refractivity contribution in [1.29, 1.82) is 0 Å². The van der Waals surface area contributed by atoms with Crippen LogP contribution < -0.4 is 10.3 Å². The molecular weight excluding hydrogens is 442 g/mol. The van der Waals surface area contributed by atoms with E-state index in [9.17, 15) is 13.9 Å². The number of hydrogen-bond donors (Lipinski definition) is 2. The summed E-state index contributed by atoms with van der Waals surface area (Å²) in [7, 11) is 1.50. The zero-order valence-corrected chi connectivity index (χ0v) is 17.3. The fourth-order valence-corrected chi connectivity index (χ4v) is 3.34. The summed E-state index contributed by atoms with van der Waals surface area (Å²) in [4.78, 5) is 3.76. The SMILES string of the molecule is CN1N=CN(CC(O)(c2ccc(F)cc2F)C(F)(F)c2ccc(Oc3ccccc3)cn2)N1. The Hall–Kier alpha value is -3.70. The van der Waals surface area contributed by atoms with Crippen molar-refractivity contribution in [2.75, 3.05) is 13.6 Å². The Morgan fingerprint density at radius 2 is 1.79 bits per heavy atom. The number of para-hydroxylation sites is 1. The number of alkyl halides is 2. The number of halogens is 4. The molecule has 1 aliphatic rings. The van der Waals surface area contributed by atoms with Gasteiger partial charge in [0.2, 0.25) is 0 Å². The molecule has 0 bridgehead atoms. The predicted octanol–water partition coefficient (Wildman–Crippen LogP) is 3.74. The van der Waals surface area contributed by atoms with Crippen LogP contribution in [-0.4, -0.2) is 40.1 Å². The van der Waals surface area contributed by atoms with Gasteiger partial charge in [-0.25, -0.2) is 13.9 Å². The summed E-state index contributed by atoms with van der Waals surface area (Å²) in [6.45, 7) is -0.833. The standard InChI is InChI=1S/C22H19F4N5O2/c1-30-28-14-31(29-30)13-21(32,18-9-7-15(23)11-19(18)24)22(25,26)20-10-8-17(12-27-20)33-16-5-3-2-4-6-16/h2-12,14,29,32H,13H2,1H3. The number of aliphatic hydroxyl groups is 1. The van der Waals surface area contributed by atoms with Crippen molar-refractivity contribution in [3.05, 3.63) is 89.8 Å². The molecule has 33 heavy (non-hydrogen) atoms. The Labute approximate surface area is 186 Å². The third-order valence-electron chi connectivity index (χ3n) is 4.97. The number of aromatic nitrogens is 1. The monoisotopic (exact) mass is 461 g/mol. The van der Waals surface area contributed by atoms with E-state index in [1.54, 1.807) is 30.3 Å². The molecule has 0 saturated heterocycles. The number of rotatable bonds is 7. The lowest BCUT2D eigenvalue weighted by Gasteiger charge is -2.38. The first-order valence-corrected chi connectivity index (χ1v) is 9.75. The minimum absolute atomic E-state index is 0.187. The van der Waals surface area contributed by atoms with E-state index in [1.807, 2.05) is 0 Å². The smallest absolute Gasteiger partial charge is 0.323 e. The van der Waals surface area contributed by atoms with Gasteiger partial charge in [-0.1, -0.05) is 18.2 Å². The predicted molar refractivity (Wildman–Crippen MR) is 111 cm³/mol. The number of ether oxygens (including phenoxy) is 1. The molecule has 3 aromatic rings. The zero-order valence-electron chi connectivity index (χ0n) is 17.3. The van der Waals surface area contributed by atoms with E-state index in [2.05, 4.69) is 15.6 Å². The van der Waals surface area contributed by atoms with Crippen molar-refractivity contribution in [3.63, 3.8) is 0 Å². The summed E-state index contributed by atoms with van der Waals surface area (Å²) in [5.41, 5.74) is -2.20. The van der Waals surface area contributed by atoms with Crippen molar-refractivity contribution < 1.29 is 27.4 Å². The molecule has 0 fully saturated rings. The molecule has 1 aliphatic heterocycles. The molecule has 2 N–H and O–H groups in total. The van der Waals surface area contributed by atoms with Crippen LogP contribution in [0.3, 0.4) is 0 Å². The van der Waals surface area contributed by atoms with Gasteiger partial charge in [-0.3, -0.25) is 9.99 Å². The van der Waals surface area contributed by atoms with Crippen molar-refractivity contribution in [2.24, 2.45) is 5.10 Å². The first kappa shape index (κ1) is 22.5. The van der Waals surface area contributed by atoms with E-state index in [0.29, 0.717) is 11.8 Å². The second kappa shape index (κ2) is 8.68. The summed E-state index contributed by atoms with van der Waals surface area (Å²) in [6.07, 6.45) is 2.22. The molecule has 0 saturated carbocycles. The second-order valence-electron chi connectivity index (χ2n) is 7.34. The Balaban J connectivity index is 1.69. The molecule has 172 valence electrons. The molecule has 0 amide bonds. The quantitative estimate of drug-likeness (QED) is 0.523. The highest BCUT2D eigenvalue weighted by Crippen LogP contribution is 2.46. The van der Waals surface area contributed by atoms with Crippen molar-refractivity contribution >= 4 is 6.34 Å². The molecule has 2 aromatic carbocycles. The molecular formula is C22H19F4N5O2. The maximum atomic E-state index is 15.8. The molecule has 0 spiro atoms. The summed E-state index contributed by atoms with van der Waals surface area (Å²) in [6, 6.07) is 12.9. The van der Waals surface area contributed by atoms with Crippen LogP contribution in [0.25, 0.3) is 0 Å². The second-order valence-corrected chi connectivity index (χ2v) is 7.34. The maximum absolute atomic E-state index is 15.8. The normalized spacial score (nSPS) is 15.6. The topological polar surface area (TPSA) is 73.2 Å². The average Bonchev–Trinajstić information content (AvgIpc) is 3.19. The van der Waals surface area contributed by atoms with Crippen LogP contribution in [0.1, 0.15) is 11.3 Å². The molecule has 7 nitrogen and oxygen atoms in total. The molecule has 1 aromatic heterocycles. The van der Waals surface area contributed by atoms with Gasteiger partial charge in [0.1, 0.15) is 35.2 Å². The minimum atomic E-state index is -4.10. The average molecular weight is 461 g/mol. The number of benzene rings is 2. The molecule has 2 heterocycles. The third-order valence-corrected chi connectivity index (χ3v) is 4.97. The van der Waals surface area contributed by atoms with E-state index in [-0.39, 0.29) is 5.75 Å². The largest absolute Gasteiger partial charge is 0.456 e. The highest BCUT2D eigenvalue weighted by atomic mass is 19.3. The molecule has 11 heteroatoms. The summed E-state index contributed by atoms with van der Waals surface area (Å²) in [5.74, 6) is -5.73. The van der Waals surface area contributed by atoms with Gasteiger partial charge in [0, 0.05) is 18.7 Å². The number of hydrogen-bond acceptors (Lipinski definition) is 7. The van der Waals surface area contributed by atoms with Gasteiger partial charge < -0.3 is 9.84 Å². The Bertz CT molecular complexity index is 1150. The Morgan fingerprint density at radius 3 is 2.39 bits per heavy atom. The van der Waals surface area contributed by atoms with E-state index in [0.717, 1.165) is 35.7 Å². The van der Waals surface area contributed by atoms with E-state index in [1.165, 1.54) is 18.2 Å². The van der Waals surface area contributed by atoms with Gasteiger partial charge in [-0.15, -0.1) is 10.6 Å². The van der Waals surface area contributed by atoms with Crippen molar-refractivity contribution in [1.82, 2.24) is 20.6 Å². The lowest BCUT2D eigenvalue weighted by atomic mass is 9.84. The van der Waals surface area contributed by atoms with E-state index < -0.39 is 41.0 Å². The number of pyridine rings is 1. The van der Waals surface area contributed by atoms with Gasteiger partial charge >= 0.3 is 5.92 Å². The molecule has 1 unspecified atom stereocenters. The first-order valence-electron chi connectivity index (χ1n) is 9.75. The number of hydrazone groups is 1. The van der Waals surface area contributed by atoms with Crippen LogP contribution in [0.2, 0.25) is 0 Å². The zero-order chi connectivity index (χ0) is 23.6. The number of nitrogens with zero attached hydrogens (tertiary/aromatic N) is 4. The summed E-state index contributed by atoms with van der Waals surface area (Å²) >= 11 is 0. The van der Waals surface area contributed by atoms with Crippen LogP contribution in [0.4, 0.5) is 17.6 Å². The van der Waals surface area contributed by atoms with Crippen LogP contribution in [0.15, 0.2) is 72.0 Å². The van der Waals surface area contributed by atoms with Gasteiger partial charge in [0.15, 0.2) is 5.60 Å². The Kier molecular flexibility index (Phi) is 5.91. The third kappa shape index (κ3) is 4.45.